The molecule has 132 valence electrons. The van der Waals surface area contributed by atoms with Crippen LogP contribution < -0.4 is 0 Å². The lowest BCUT2D eigenvalue weighted by Crippen LogP contribution is -2.33. The van der Waals surface area contributed by atoms with E-state index in [2.05, 4.69) is 73.7 Å². The number of carbonyl (C=O) groups is 1. The summed E-state index contributed by atoms with van der Waals surface area (Å²) in [4.78, 5) is 12.6. The molecule has 2 atom stereocenters. The molecule has 0 heterocycles. The van der Waals surface area contributed by atoms with Gasteiger partial charge in [0.25, 0.3) is 0 Å². The van der Waals surface area contributed by atoms with Crippen molar-refractivity contribution in [3.8, 4) is 0 Å². The minimum atomic E-state index is -0.674. The average molecular weight is 350 g/mol. The molecule has 1 nitrogen and oxygen atoms in total. The second kappa shape index (κ2) is 7.20. The van der Waals surface area contributed by atoms with E-state index in [1.807, 2.05) is 36.4 Å². The Morgan fingerprint density at radius 1 is 0.704 bits per heavy atom. The van der Waals surface area contributed by atoms with E-state index in [9.17, 15) is 4.79 Å². The minimum Gasteiger partial charge on any atom is -0.302 e. The minimum absolute atomic E-state index is 0.0790. The summed E-state index contributed by atoms with van der Waals surface area (Å²) in [6, 6.07) is 35.2. The van der Waals surface area contributed by atoms with Crippen molar-refractivity contribution in [1.29, 1.82) is 0 Å². The van der Waals surface area contributed by atoms with E-state index in [0.29, 0.717) is 0 Å². The van der Waals surface area contributed by atoms with E-state index in [1.165, 1.54) is 16.3 Å². The zero-order valence-corrected chi connectivity index (χ0v) is 15.4. The van der Waals surface area contributed by atoms with Gasteiger partial charge >= 0.3 is 0 Å². The van der Waals surface area contributed by atoms with Gasteiger partial charge in [-0.3, -0.25) is 0 Å². The number of hydrogen-bond donors (Lipinski definition) is 0. The first kappa shape index (κ1) is 17.2. The first-order valence-corrected chi connectivity index (χ1v) is 9.28. The monoisotopic (exact) mass is 350 g/mol. The second-order valence-electron chi connectivity index (χ2n) is 7.18. The summed E-state index contributed by atoms with van der Waals surface area (Å²) in [6.45, 7) is 2.05. The number of benzene rings is 4. The Bertz CT molecular complexity index is 1050. The van der Waals surface area contributed by atoms with Crippen LogP contribution in [0, 0.1) is 0 Å². The molecular weight excluding hydrogens is 328 g/mol. The molecule has 4 aromatic carbocycles. The van der Waals surface area contributed by atoms with Gasteiger partial charge in [0.1, 0.15) is 6.29 Å². The van der Waals surface area contributed by atoms with Gasteiger partial charge in [-0.1, -0.05) is 103 Å². The van der Waals surface area contributed by atoms with Gasteiger partial charge in [0.05, 0.1) is 5.41 Å². The Balaban J connectivity index is 2.02. The van der Waals surface area contributed by atoms with Crippen LogP contribution in [-0.2, 0) is 10.2 Å². The van der Waals surface area contributed by atoms with Gasteiger partial charge in [-0.25, -0.2) is 0 Å². The van der Waals surface area contributed by atoms with Crippen molar-refractivity contribution < 1.29 is 4.79 Å². The molecular formula is C26H22O. The van der Waals surface area contributed by atoms with E-state index in [-0.39, 0.29) is 5.92 Å². The van der Waals surface area contributed by atoms with Gasteiger partial charge in [-0.15, -0.1) is 0 Å². The summed E-state index contributed by atoms with van der Waals surface area (Å²) < 4.78 is 0. The fourth-order valence-electron chi connectivity index (χ4n) is 4.10. The maximum atomic E-state index is 12.6. The molecule has 0 aliphatic rings. The van der Waals surface area contributed by atoms with E-state index in [1.54, 1.807) is 0 Å². The van der Waals surface area contributed by atoms with E-state index in [0.717, 1.165) is 17.4 Å². The molecule has 0 spiro atoms. The summed E-state index contributed by atoms with van der Waals surface area (Å²) in [5.74, 6) is -0.0790. The predicted octanol–water partition coefficient (Wildman–Crippen LogP) is 6.13. The molecule has 0 radical (unpaired) electrons. The first-order chi connectivity index (χ1) is 13.2. The van der Waals surface area contributed by atoms with Crippen LogP contribution in [0.1, 0.15) is 29.5 Å². The molecule has 0 aliphatic heterocycles. The summed E-state index contributed by atoms with van der Waals surface area (Å²) >= 11 is 0. The molecule has 0 saturated carbocycles. The number of aldehydes is 1. The van der Waals surface area contributed by atoms with Crippen LogP contribution in [0.3, 0.4) is 0 Å². The highest BCUT2D eigenvalue weighted by Crippen LogP contribution is 2.44. The zero-order chi connectivity index (χ0) is 18.7. The van der Waals surface area contributed by atoms with Gasteiger partial charge in [0.15, 0.2) is 0 Å². The fourth-order valence-corrected chi connectivity index (χ4v) is 4.10. The third kappa shape index (κ3) is 3.06. The van der Waals surface area contributed by atoms with Crippen molar-refractivity contribution >= 4 is 17.1 Å². The van der Waals surface area contributed by atoms with E-state index < -0.39 is 5.41 Å². The lowest BCUT2D eigenvalue weighted by Gasteiger charge is -2.35. The van der Waals surface area contributed by atoms with Crippen LogP contribution in [-0.4, -0.2) is 6.29 Å². The van der Waals surface area contributed by atoms with Gasteiger partial charge in [-0.2, -0.15) is 0 Å². The first-order valence-electron chi connectivity index (χ1n) is 9.28. The molecule has 0 saturated heterocycles. The fraction of sp³-hybridized carbons (Fsp3) is 0.115. The molecule has 4 rings (SSSR count). The quantitative estimate of drug-likeness (QED) is 0.396. The number of hydrogen-bond acceptors (Lipinski definition) is 1. The maximum Gasteiger partial charge on any atom is 0.131 e. The lowest BCUT2D eigenvalue weighted by atomic mass is 9.66. The molecule has 0 N–H and O–H groups in total. The van der Waals surface area contributed by atoms with Crippen LogP contribution in [0.4, 0.5) is 0 Å². The molecule has 0 aliphatic carbocycles. The zero-order valence-electron chi connectivity index (χ0n) is 15.4. The Hall–Kier alpha value is -3.19. The third-order valence-electron chi connectivity index (χ3n) is 5.51. The molecule has 4 aromatic rings. The van der Waals surface area contributed by atoms with E-state index in [4.69, 9.17) is 0 Å². The Morgan fingerprint density at radius 3 is 2.00 bits per heavy atom. The van der Waals surface area contributed by atoms with Crippen molar-refractivity contribution in [1.82, 2.24) is 0 Å². The number of fused-ring (bicyclic) bond motifs is 1. The standard InChI is InChI=1S/C26H22O/c1-26(19-27,22-15-6-3-7-16-22)25(21-12-4-2-5-13-21)24-18-10-14-20-11-8-9-17-23(20)24/h2-19,25H,1H3. The van der Waals surface area contributed by atoms with E-state index >= 15 is 0 Å². The molecule has 0 fully saturated rings. The largest absolute Gasteiger partial charge is 0.302 e. The predicted molar refractivity (Wildman–Crippen MR) is 112 cm³/mol. The molecule has 0 bridgehead atoms. The number of rotatable bonds is 5. The summed E-state index contributed by atoms with van der Waals surface area (Å²) in [6.07, 6.45) is 1.11. The molecule has 27 heavy (non-hydrogen) atoms. The average Bonchev–Trinajstić information content (AvgIpc) is 2.75. The smallest absolute Gasteiger partial charge is 0.131 e. The highest BCUT2D eigenvalue weighted by molar-refractivity contribution is 5.88. The summed E-state index contributed by atoms with van der Waals surface area (Å²) in [7, 11) is 0. The third-order valence-corrected chi connectivity index (χ3v) is 5.51. The van der Waals surface area contributed by atoms with Crippen molar-refractivity contribution in [2.75, 3.05) is 0 Å². The van der Waals surface area contributed by atoms with Crippen molar-refractivity contribution in [2.45, 2.75) is 18.3 Å². The highest BCUT2D eigenvalue weighted by Gasteiger charge is 2.38. The van der Waals surface area contributed by atoms with Crippen LogP contribution >= 0.6 is 0 Å². The van der Waals surface area contributed by atoms with Crippen molar-refractivity contribution in [3.05, 3.63) is 120 Å². The second-order valence-corrected chi connectivity index (χ2v) is 7.18. The van der Waals surface area contributed by atoms with Gasteiger partial charge in [-0.05, 0) is 34.4 Å². The normalized spacial score (nSPS) is 14.4. The summed E-state index contributed by atoms with van der Waals surface area (Å²) in [5.41, 5.74) is 2.68. The van der Waals surface area contributed by atoms with Gasteiger partial charge in [0, 0.05) is 5.92 Å². The molecule has 1 heteroatoms. The maximum absolute atomic E-state index is 12.6. The van der Waals surface area contributed by atoms with Crippen LogP contribution in [0.5, 0.6) is 0 Å². The van der Waals surface area contributed by atoms with Gasteiger partial charge < -0.3 is 4.79 Å². The number of carbonyl (C=O) groups excluding carboxylic acids is 1. The Labute approximate surface area is 160 Å². The van der Waals surface area contributed by atoms with Crippen molar-refractivity contribution in [3.63, 3.8) is 0 Å². The lowest BCUT2D eigenvalue weighted by molar-refractivity contribution is -0.112. The Morgan fingerprint density at radius 2 is 1.30 bits per heavy atom. The van der Waals surface area contributed by atoms with Crippen molar-refractivity contribution in [2.24, 2.45) is 0 Å². The molecule has 0 aromatic heterocycles. The highest BCUT2D eigenvalue weighted by atomic mass is 16.1. The Kier molecular flexibility index (Phi) is 4.60. The van der Waals surface area contributed by atoms with Gasteiger partial charge in [0.2, 0.25) is 0 Å². The van der Waals surface area contributed by atoms with Crippen LogP contribution in [0.2, 0.25) is 0 Å². The topological polar surface area (TPSA) is 17.1 Å². The van der Waals surface area contributed by atoms with Crippen LogP contribution in [0.15, 0.2) is 103 Å². The summed E-state index contributed by atoms with van der Waals surface area (Å²) in [5, 5.41) is 2.38. The molecule has 0 amide bonds. The van der Waals surface area contributed by atoms with Crippen LogP contribution in [0.25, 0.3) is 10.8 Å². The molecule has 2 unspecified atom stereocenters. The SMILES string of the molecule is CC(C=O)(c1ccccc1)C(c1ccccc1)c1cccc2ccccc12.